The summed E-state index contributed by atoms with van der Waals surface area (Å²) in [6, 6.07) is 3.15. The van der Waals surface area contributed by atoms with Crippen LogP contribution in [-0.2, 0) is 11.3 Å². The van der Waals surface area contributed by atoms with Gasteiger partial charge in [0, 0.05) is 18.7 Å². The summed E-state index contributed by atoms with van der Waals surface area (Å²) in [5.74, 6) is 0.0984. The lowest BCUT2D eigenvalue weighted by atomic mass is 10.1. The van der Waals surface area contributed by atoms with Gasteiger partial charge in [0.05, 0.1) is 28.5 Å². The van der Waals surface area contributed by atoms with Crippen LogP contribution in [0.5, 0.6) is 0 Å². The number of aromatic amines is 1. The van der Waals surface area contributed by atoms with E-state index in [1.165, 1.54) is 12.1 Å². The topological polar surface area (TPSA) is 69.8 Å². The summed E-state index contributed by atoms with van der Waals surface area (Å²) in [5, 5.41) is 6.13. The normalized spacial score (nSPS) is 21.9. The standard InChI is InChI=1S/C14H16ClFN4O/c1-7-2-8(5-17-7)14(21)18-6-13-19-11-3-9(15)10(16)4-12(11)20-13/h3-4,7-8,17H,2,5-6H2,1H3,(H,18,21)(H,19,20). The molecule has 2 atom stereocenters. The number of rotatable bonds is 3. The van der Waals surface area contributed by atoms with E-state index in [9.17, 15) is 9.18 Å². The number of nitrogens with zero attached hydrogens (tertiary/aromatic N) is 1. The minimum absolute atomic E-state index is 0.00346. The third kappa shape index (κ3) is 3.01. The third-order valence-electron chi connectivity index (χ3n) is 3.72. The molecule has 3 rings (SSSR count). The Hall–Kier alpha value is -1.66. The molecule has 2 aromatic rings. The van der Waals surface area contributed by atoms with Gasteiger partial charge in [0.1, 0.15) is 11.6 Å². The van der Waals surface area contributed by atoms with Gasteiger partial charge in [-0.3, -0.25) is 4.79 Å². The quantitative estimate of drug-likeness (QED) is 0.812. The van der Waals surface area contributed by atoms with Crippen LogP contribution >= 0.6 is 11.6 Å². The molecule has 1 amide bonds. The molecule has 2 heterocycles. The Balaban J connectivity index is 1.66. The second kappa shape index (κ2) is 5.61. The van der Waals surface area contributed by atoms with Crippen molar-refractivity contribution in [2.45, 2.75) is 25.9 Å². The number of amides is 1. The highest BCUT2D eigenvalue weighted by Gasteiger charge is 2.26. The predicted octanol–water partition coefficient (Wildman–Crippen LogP) is 1.97. The van der Waals surface area contributed by atoms with Gasteiger partial charge in [-0.25, -0.2) is 9.37 Å². The lowest BCUT2D eigenvalue weighted by Gasteiger charge is -2.08. The first kappa shape index (κ1) is 14.3. The fraction of sp³-hybridized carbons (Fsp3) is 0.429. The molecule has 21 heavy (non-hydrogen) atoms. The van der Waals surface area contributed by atoms with Crippen molar-refractivity contribution >= 4 is 28.5 Å². The van der Waals surface area contributed by atoms with Crippen molar-refractivity contribution in [2.24, 2.45) is 5.92 Å². The minimum atomic E-state index is -0.491. The molecule has 0 aliphatic carbocycles. The van der Waals surface area contributed by atoms with Crippen molar-refractivity contribution in [3.63, 3.8) is 0 Å². The van der Waals surface area contributed by atoms with Crippen LogP contribution in [0.2, 0.25) is 5.02 Å². The number of nitrogens with one attached hydrogen (secondary N) is 3. The van der Waals surface area contributed by atoms with Gasteiger partial charge < -0.3 is 15.6 Å². The van der Waals surface area contributed by atoms with Crippen molar-refractivity contribution in [3.05, 3.63) is 28.8 Å². The number of benzene rings is 1. The Morgan fingerprint density at radius 2 is 2.38 bits per heavy atom. The zero-order valence-corrected chi connectivity index (χ0v) is 12.3. The Labute approximate surface area is 126 Å². The average Bonchev–Trinajstić information content (AvgIpc) is 3.03. The molecule has 1 aromatic heterocycles. The van der Waals surface area contributed by atoms with Crippen LogP contribution in [0, 0.1) is 11.7 Å². The summed E-state index contributed by atoms with van der Waals surface area (Å²) in [7, 11) is 0. The largest absolute Gasteiger partial charge is 0.349 e. The first-order valence-electron chi connectivity index (χ1n) is 6.87. The van der Waals surface area contributed by atoms with E-state index >= 15 is 0 Å². The van der Waals surface area contributed by atoms with E-state index in [4.69, 9.17) is 11.6 Å². The van der Waals surface area contributed by atoms with Gasteiger partial charge in [0.25, 0.3) is 0 Å². The number of halogens is 2. The number of fused-ring (bicyclic) bond motifs is 1. The predicted molar refractivity (Wildman–Crippen MR) is 78.5 cm³/mol. The van der Waals surface area contributed by atoms with E-state index < -0.39 is 5.82 Å². The fourth-order valence-corrected chi connectivity index (χ4v) is 2.75. The Kier molecular flexibility index (Phi) is 3.82. The van der Waals surface area contributed by atoms with Gasteiger partial charge in [0.15, 0.2) is 0 Å². The molecule has 1 aliphatic rings. The molecule has 1 saturated heterocycles. The SMILES string of the molecule is CC1CC(C(=O)NCc2nc3cc(Cl)c(F)cc3[nH]2)CN1. The summed E-state index contributed by atoms with van der Waals surface area (Å²) in [4.78, 5) is 19.3. The molecule has 0 spiro atoms. The highest BCUT2D eigenvalue weighted by molar-refractivity contribution is 6.31. The first-order chi connectivity index (χ1) is 10.0. The number of H-pyrrole nitrogens is 1. The van der Waals surface area contributed by atoms with E-state index in [1.54, 1.807) is 0 Å². The van der Waals surface area contributed by atoms with Crippen LogP contribution in [0.15, 0.2) is 12.1 Å². The molecule has 0 bridgehead atoms. The number of aromatic nitrogens is 2. The summed E-state index contributed by atoms with van der Waals surface area (Å²) in [6.45, 7) is 3.05. The van der Waals surface area contributed by atoms with Crippen LogP contribution in [0.4, 0.5) is 4.39 Å². The van der Waals surface area contributed by atoms with Gasteiger partial charge in [-0.2, -0.15) is 0 Å². The van der Waals surface area contributed by atoms with Crippen LogP contribution < -0.4 is 10.6 Å². The lowest BCUT2D eigenvalue weighted by Crippen LogP contribution is -2.31. The molecule has 1 aromatic carbocycles. The number of hydrogen-bond acceptors (Lipinski definition) is 3. The number of carbonyl (C=O) groups excluding carboxylic acids is 1. The highest BCUT2D eigenvalue weighted by atomic mass is 35.5. The van der Waals surface area contributed by atoms with Gasteiger partial charge >= 0.3 is 0 Å². The number of hydrogen-bond donors (Lipinski definition) is 3. The van der Waals surface area contributed by atoms with Crippen molar-refractivity contribution < 1.29 is 9.18 Å². The Bertz CT molecular complexity index is 648. The molecular formula is C14H16ClFN4O. The second-order valence-electron chi connectivity index (χ2n) is 5.43. The summed E-state index contributed by atoms with van der Waals surface area (Å²) in [5.41, 5.74) is 1.15. The minimum Gasteiger partial charge on any atom is -0.349 e. The molecule has 3 N–H and O–H groups in total. The monoisotopic (exact) mass is 310 g/mol. The smallest absolute Gasteiger partial charge is 0.224 e. The van der Waals surface area contributed by atoms with Crippen LogP contribution in [0.1, 0.15) is 19.2 Å². The zero-order valence-electron chi connectivity index (χ0n) is 11.5. The summed E-state index contributed by atoms with van der Waals surface area (Å²) in [6.07, 6.45) is 0.840. The van der Waals surface area contributed by atoms with E-state index in [1.807, 2.05) is 0 Å². The van der Waals surface area contributed by atoms with Gasteiger partial charge in [-0.15, -0.1) is 0 Å². The Morgan fingerprint density at radius 3 is 3.10 bits per heavy atom. The van der Waals surface area contributed by atoms with E-state index in [0.29, 0.717) is 29.4 Å². The van der Waals surface area contributed by atoms with Gasteiger partial charge in [0.2, 0.25) is 5.91 Å². The molecule has 1 aliphatic heterocycles. The van der Waals surface area contributed by atoms with Crippen LogP contribution in [0.25, 0.3) is 11.0 Å². The van der Waals surface area contributed by atoms with Gasteiger partial charge in [-0.05, 0) is 19.4 Å². The molecular weight excluding hydrogens is 295 g/mol. The molecule has 5 nitrogen and oxygen atoms in total. The molecule has 1 fully saturated rings. The maximum absolute atomic E-state index is 13.4. The lowest BCUT2D eigenvalue weighted by molar-refractivity contribution is -0.124. The average molecular weight is 311 g/mol. The van der Waals surface area contributed by atoms with Crippen molar-refractivity contribution in [1.82, 2.24) is 20.6 Å². The fourth-order valence-electron chi connectivity index (χ4n) is 2.59. The van der Waals surface area contributed by atoms with Crippen LogP contribution in [-0.4, -0.2) is 28.5 Å². The summed E-state index contributed by atoms with van der Waals surface area (Å²) >= 11 is 5.72. The first-order valence-corrected chi connectivity index (χ1v) is 7.25. The van der Waals surface area contributed by atoms with Crippen molar-refractivity contribution in [2.75, 3.05) is 6.54 Å². The van der Waals surface area contributed by atoms with Crippen LogP contribution in [0.3, 0.4) is 0 Å². The molecule has 7 heteroatoms. The molecule has 112 valence electrons. The second-order valence-corrected chi connectivity index (χ2v) is 5.83. The van der Waals surface area contributed by atoms with E-state index in [2.05, 4.69) is 27.5 Å². The molecule has 0 saturated carbocycles. The number of imidazole rings is 1. The van der Waals surface area contributed by atoms with Crippen molar-refractivity contribution in [1.29, 1.82) is 0 Å². The zero-order chi connectivity index (χ0) is 15.0. The Morgan fingerprint density at radius 1 is 1.57 bits per heavy atom. The maximum atomic E-state index is 13.4. The van der Waals surface area contributed by atoms with Gasteiger partial charge in [-0.1, -0.05) is 11.6 Å². The number of carbonyl (C=O) groups is 1. The van der Waals surface area contributed by atoms with E-state index in [0.717, 1.165) is 6.42 Å². The summed E-state index contributed by atoms with van der Waals surface area (Å²) < 4.78 is 13.4. The van der Waals surface area contributed by atoms with Crippen molar-refractivity contribution in [3.8, 4) is 0 Å². The maximum Gasteiger partial charge on any atom is 0.224 e. The molecule has 0 radical (unpaired) electrons. The third-order valence-corrected chi connectivity index (χ3v) is 4.01. The van der Waals surface area contributed by atoms with E-state index in [-0.39, 0.29) is 23.4 Å². The highest BCUT2D eigenvalue weighted by Crippen LogP contribution is 2.21. The molecule has 2 unspecified atom stereocenters.